The summed E-state index contributed by atoms with van der Waals surface area (Å²) in [6, 6.07) is 8.42. The van der Waals surface area contributed by atoms with Gasteiger partial charge in [-0.3, -0.25) is 4.40 Å². The third-order valence-corrected chi connectivity index (χ3v) is 4.30. The average molecular weight is 301 g/mol. The molecule has 1 aromatic carbocycles. The Morgan fingerprint density at radius 2 is 2.14 bits per heavy atom. The smallest absolute Gasteiger partial charge is 0.238 e. The van der Waals surface area contributed by atoms with Crippen molar-refractivity contribution in [1.82, 2.24) is 9.38 Å². The molecular weight excluding hydrogens is 282 g/mol. The Balaban J connectivity index is 1.88. The van der Waals surface area contributed by atoms with E-state index in [1.165, 1.54) is 11.3 Å². The zero-order chi connectivity index (χ0) is 14.8. The molecule has 0 aliphatic carbocycles. The lowest BCUT2D eigenvalue weighted by molar-refractivity contribution is 0.395. The van der Waals surface area contributed by atoms with Crippen LogP contribution in [0.2, 0.25) is 0 Å². The second-order valence-corrected chi connectivity index (χ2v) is 6.09. The number of imidazole rings is 1. The second kappa shape index (κ2) is 5.77. The highest BCUT2D eigenvalue weighted by atomic mass is 32.1. The van der Waals surface area contributed by atoms with Gasteiger partial charge in [-0.1, -0.05) is 32.0 Å². The molecule has 0 spiro atoms. The first-order valence-electron chi connectivity index (χ1n) is 7.02. The molecular formula is C16H19N3OS. The summed E-state index contributed by atoms with van der Waals surface area (Å²) in [6.45, 7) is 5.10. The lowest BCUT2D eigenvalue weighted by atomic mass is 10.0. The highest BCUT2D eigenvalue weighted by Gasteiger charge is 2.14. The first kappa shape index (κ1) is 13.9. The van der Waals surface area contributed by atoms with E-state index in [4.69, 9.17) is 4.74 Å². The number of para-hydroxylation sites is 1. The fourth-order valence-corrected chi connectivity index (χ4v) is 3.20. The number of thiazole rings is 1. The summed E-state index contributed by atoms with van der Waals surface area (Å²) in [5.41, 5.74) is 3.54. The first-order chi connectivity index (χ1) is 10.2. The molecule has 0 unspecified atom stereocenters. The van der Waals surface area contributed by atoms with Crippen molar-refractivity contribution in [3.63, 3.8) is 0 Å². The van der Waals surface area contributed by atoms with Crippen molar-refractivity contribution < 1.29 is 4.74 Å². The Hall–Kier alpha value is -2.01. The number of hydrogen-bond acceptors (Lipinski definition) is 4. The number of rotatable bonds is 5. The van der Waals surface area contributed by atoms with Crippen LogP contribution < -0.4 is 10.1 Å². The van der Waals surface area contributed by atoms with Crippen molar-refractivity contribution in [3.8, 4) is 5.88 Å². The largest absolute Gasteiger partial charge is 0.480 e. The minimum Gasteiger partial charge on any atom is -0.480 e. The molecule has 0 radical (unpaired) electrons. The molecule has 0 saturated carbocycles. The molecule has 1 N–H and O–H groups in total. The van der Waals surface area contributed by atoms with Crippen molar-refractivity contribution in [2.45, 2.75) is 26.3 Å². The van der Waals surface area contributed by atoms with E-state index in [0.717, 1.165) is 10.7 Å². The van der Waals surface area contributed by atoms with Crippen LogP contribution in [0.3, 0.4) is 0 Å². The van der Waals surface area contributed by atoms with Gasteiger partial charge in [-0.25, -0.2) is 0 Å². The minimum absolute atomic E-state index is 0.488. The molecule has 0 fully saturated rings. The molecule has 0 atom stereocenters. The maximum atomic E-state index is 5.39. The molecule has 2 aromatic heterocycles. The first-order valence-corrected chi connectivity index (χ1v) is 7.90. The molecule has 0 amide bonds. The quantitative estimate of drug-likeness (QED) is 0.769. The molecule has 5 heteroatoms. The van der Waals surface area contributed by atoms with Gasteiger partial charge in [0.2, 0.25) is 5.88 Å². The van der Waals surface area contributed by atoms with Crippen molar-refractivity contribution >= 4 is 22.0 Å². The number of aromatic nitrogens is 2. The van der Waals surface area contributed by atoms with Gasteiger partial charge in [-0.15, -0.1) is 11.3 Å². The van der Waals surface area contributed by atoms with Crippen molar-refractivity contribution in [3.05, 3.63) is 47.1 Å². The van der Waals surface area contributed by atoms with Gasteiger partial charge >= 0.3 is 0 Å². The monoisotopic (exact) mass is 301 g/mol. The van der Waals surface area contributed by atoms with Crippen molar-refractivity contribution in [1.29, 1.82) is 0 Å². The topological polar surface area (TPSA) is 38.6 Å². The highest BCUT2D eigenvalue weighted by Crippen LogP contribution is 2.27. The molecule has 0 aliphatic heterocycles. The molecule has 3 aromatic rings. The number of nitrogens with one attached hydrogen (secondary N) is 1. The van der Waals surface area contributed by atoms with Crippen LogP contribution in [-0.4, -0.2) is 16.5 Å². The van der Waals surface area contributed by atoms with Gasteiger partial charge in [0.1, 0.15) is 5.69 Å². The molecule has 4 nitrogen and oxygen atoms in total. The number of fused-ring (bicyclic) bond motifs is 1. The van der Waals surface area contributed by atoms with E-state index in [1.807, 2.05) is 11.6 Å². The Kier molecular flexibility index (Phi) is 3.84. The Bertz CT molecular complexity index is 745. The number of benzene rings is 1. The summed E-state index contributed by atoms with van der Waals surface area (Å²) < 4.78 is 7.47. The van der Waals surface area contributed by atoms with Gasteiger partial charge in [0.05, 0.1) is 13.7 Å². The van der Waals surface area contributed by atoms with Gasteiger partial charge in [0, 0.05) is 17.3 Å². The second-order valence-electron chi connectivity index (χ2n) is 5.22. The van der Waals surface area contributed by atoms with E-state index in [-0.39, 0.29) is 0 Å². The lowest BCUT2D eigenvalue weighted by Crippen LogP contribution is -2.06. The number of methoxy groups -OCH3 is 1. The average Bonchev–Trinajstić information content (AvgIpc) is 3.06. The fraction of sp³-hybridized carbons (Fsp3) is 0.312. The Labute approximate surface area is 128 Å². The molecule has 0 bridgehead atoms. The van der Waals surface area contributed by atoms with Crippen LogP contribution in [0.1, 0.15) is 31.0 Å². The molecule has 3 rings (SSSR count). The van der Waals surface area contributed by atoms with Crippen LogP contribution in [0.4, 0.5) is 5.69 Å². The Morgan fingerprint density at radius 1 is 1.33 bits per heavy atom. The zero-order valence-corrected chi connectivity index (χ0v) is 13.3. The van der Waals surface area contributed by atoms with Gasteiger partial charge in [0.25, 0.3) is 0 Å². The van der Waals surface area contributed by atoms with Gasteiger partial charge < -0.3 is 10.1 Å². The van der Waals surface area contributed by atoms with E-state index in [0.29, 0.717) is 18.3 Å². The summed E-state index contributed by atoms with van der Waals surface area (Å²) in [4.78, 5) is 5.44. The van der Waals surface area contributed by atoms with E-state index >= 15 is 0 Å². The number of ether oxygens (including phenoxy) is 1. The van der Waals surface area contributed by atoms with Gasteiger partial charge in [-0.05, 0) is 17.5 Å². The SMILES string of the molecule is COc1nc2sccn2c1CNc1ccccc1C(C)C. The number of anilines is 1. The molecule has 2 heterocycles. The molecule has 0 aliphatic rings. The number of hydrogen-bond donors (Lipinski definition) is 1. The van der Waals surface area contributed by atoms with E-state index in [9.17, 15) is 0 Å². The maximum absolute atomic E-state index is 5.39. The van der Waals surface area contributed by atoms with E-state index < -0.39 is 0 Å². The summed E-state index contributed by atoms with van der Waals surface area (Å²) >= 11 is 1.61. The van der Waals surface area contributed by atoms with Crippen molar-refractivity contribution in [2.24, 2.45) is 0 Å². The van der Waals surface area contributed by atoms with E-state index in [1.54, 1.807) is 18.4 Å². The maximum Gasteiger partial charge on any atom is 0.238 e. The standard InChI is InChI=1S/C16H19N3OS/c1-11(2)12-6-4-5-7-13(12)17-10-14-15(20-3)18-16-19(14)8-9-21-16/h4-9,11,17H,10H2,1-3H3. The molecule has 21 heavy (non-hydrogen) atoms. The van der Waals surface area contributed by atoms with Gasteiger partial charge in [0.15, 0.2) is 4.96 Å². The summed E-state index contributed by atoms with van der Waals surface area (Å²) in [7, 11) is 1.66. The highest BCUT2D eigenvalue weighted by molar-refractivity contribution is 7.15. The lowest BCUT2D eigenvalue weighted by Gasteiger charge is -2.14. The third-order valence-electron chi connectivity index (χ3n) is 3.55. The van der Waals surface area contributed by atoms with E-state index in [2.05, 4.69) is 52.8 Å². The molecule has 0 saturated heterocycles. The fourth-order valence-electron chi connectivity index (χ4n) is 2.48. The van der Waals surface area contributed by atoms with Crippen LogP contribution in [0.15, 0.2) is 35.8 Å². The van der Waals surface area contributed by atoms with Gasteiger partial charge in [-0.2, -0.15) is 4.98 Å². The summed E-state index contributed by atoms with van der Waals surface area (Å²) in [5.74, 6) is 1.18. The predicted octanol–water partition coefficient (Wildman–Crippen LogP) is 4.14. The number of nitrogens with zero attached hydrogens (tertiary/aromatic N) is 2. The van der Waals surface area contributed by atoms with Crippen LogP contribution in [-0.2, 0) is 6.54 Å². The van der Waals surface area contributed by atoms with Crippen molar-refractivity contribution in [2.75, 3.05) is 12.4 Å². The zero-order valence-electron chi connectivity index (χ0n) is 12.5. The normalized spacial score (nSPS) is 11.2. The third kappa shape index (κ3) is 2.61. The summed E-state index contributed by atoms with van der Waals surface area (Å²) in [5, 5.41) is 5.55. The van der Waals surface area contributed by atoms with Crippen LogP contribution >= 0.6 is 11.3 Å². The summed E-state index contributed by atoms with van der Waals surface area (Å²) in [6.07, 6.45) is 2.03. The Morgan fingerprint density at radius 3 is 2.90 bits per heavy atom. The van der Waals surface area contributed by atoms with Crippen LogP contribution in [0.5, 0.6) is 5.88 Å². The molecule has 110 valence electrons. The van der Waals surface area contributed by atoms with Crippen LogP contribution in [0.25, 0.3) is 4.96 Å². The minimum atomic E-state index is 0.488. The predicted molar refractivity (Wildman–Crippen MR) is 87.5 cm³/mol. The van der Waals surface area contributed by atoms with Crippen LogP contribution in [0, 0.1) is 0 Å².